The molecule has 128 valence electrons. The maximum Gasteiger partial charge on any atom is 0.307 e. The van der Waals surface area contributed by atoms with Gasteiger partial charge in [0.1, 0.15) is 11.6 Å². The average molecular weight is 422 g/mol. The van der Waals surface area contributed by atoms with Crippen LogP contribution in [0.4, 0.5) is 4.39 Å². The number of nitrogens with zero attached hydrogens (tertiary/aromatic N) is 1. The molecule has 0 amide bonds. The molecule has 0 bridgehead atoms. The molecule has 0 spiro atoms. The Hall–Kier alpha value is -2.12. The van der Waals surface area contributed by atoms with Gasteiger partial charge in [0.15, 0.2) is 0 Å². The lowest BCUT2D eigenvalue weighted by Gasteiger charge is -2.12. The number of thioether (sulfide) groups is 1. The summed E-state index contributed by atoms with van der Waals surface area (Å²) in [5.41, 5.74) is 0.568. The number of carbonyl (C=O) groups is 1. The van der Waals surface area contributed by atoms with Gasteiger partial charge in [0, 0.05) is 16.5 Å². The van der Waals surface area contributed by atoms with E-state index in [1.54, 1.807) is 36.2 Å². The Labute approximate surface area is 156 Å². The standard InChI is InChI=1S/C18H13BrFNO3S/c1-25-13-8-15(19)18(21-9-13)24-16-5-10(6-17(22)23)4-11-2-3-12(20)7-14(11)16/h2-5,7-9H,6H2,1H3,(H,22,23). The van der Waals surface area contributed by atoms with Crippen molar-refractivity contribution in [3.63, 3.8) is 0 Å². The number of rotatable bonds is 5. The number of halogens is 2. The van der Waals surface area contributed by atoms with Crippen LogP contribution in [0.3, 0.4) is 0 Å². The van der Waals surface area contributed by atoms with Crippen LogP contribution in [0.1, 0.15) is 5.56 Å². The molecule has 4 nitrogen and oxygen atoms in total. The monoisotopic (exact) mass is 421 g/mol. The minimum absolute atomic E-state index is 0.149. The van der Waals surface area contributed by atoms with Crippen LogP contribution in [-0.4, -0.2) is 22.3 Å². The summed E-state index contributed by atoms with van der Waals surface area (Å²) in [6, 6.07) is 9.48. The van der Waals surface area contributed by atoms with Gasteiger partial charge in [0.05, 0.1) is 10.9 Å². The number of aliphatic carboxylic acids is 1. The van der Waals surface area contributed by atoms with Gasteiger partial charge in [0.25, 0.3) is 0 Å². The van der Waals surface area contributed by atoms with Gasteiger partial charge in [-0.25, -0.2) is 9.37 Å². The zero-order valence-corrected chi connectivity index (χ0v) is 15.5. The summed E-state index contributed by atoms with van der Waals surface area (Å²) in [5.74, 6) is -0.654. The number of carboxylic acid groups (broad SMARTS) is 1. The Bertz CT molecular complexity index is 964. The van der Waals surface area contributed by atoms with Gasteiger partial charge in [-0.2, -0.15) is 0 Å². The number of fused-ring (bicyclic) bond motifs is 1. The highest BCUT2D eigenvalue weighted by Crippen LogP contribution is 2.35. The van der Waals surface area contributed by atoms with Gasteiger partial charge in [-0.15, -0.1) is 11.8 Å². The van der Waals surface area contributed by atoms with Crippen LogP contribution in [0, 0.1) is 5.82 Å². The van der Waals surface area contributed by atoms with E-state index in [2.05, 4.69) is 20.9 Å². The second-order valence-electron chi connectivity index (χ2n) is 5.29. The fraction of sp³-hybridized carbons (Fsp3) is 0.111. The van der Waals surface area contributed by atoms with Gasteiger partial charge >= 0.3 is 5.97 Å². The first-order valence-electron chi connectivity index (χ1n) is 7.27. The van der Waals surface area contributed by atoms with Crippen molar-refractivity contribution in [3.8, 4) is 11.6 Å². The van der Waals surface area contributed by atoms with E-state index in [0.717, 1.165) is 4.90 Å². The van der Waals surface area contributed by atoms with Crippen molar-refractivity contribution < 1.29 is 19.0 Å². The van der Waals surface area contributed by atoms with Gasteiger partial charge in [-0.05, 0) is 57.4 Å². The summed E-state index contributed by atoms with van der Waals surface area (Å²) in [6.07, 6.45) is 3.47. The molecule has 25 heavy (non-hydrogen) atoms. The quantitative estimate of drug-likeness (QED) is 0.567. The molecule has 2 aromatic carbocycles. The molecule has 1 N–H and O–H groups in total. The molecule has 1 aromatic heterocycles. The second kappa shape index (κ2) is 7.41. The van der Waals surface area contributed by atoms with E-state index < -0.39 is 11.8 Å². The van der Waals surface area contributed by atoms with Crippen LogP contribution >= 0.6 is 27.7 Å². The molecular formula is C18H13BrFNO3S. The molecule has 1 heterocycles. The van der Waals surface area contributed by atoms with E-state index in [1.807, 2.05) is 12.3 Å². The number of ether oxygens (including phenoxy) is 1. The third-order valence-corrected chi connectivity index (χ3v) is 4.78. The predicted molar refractivity (Wildman–Crippen MR) is 99.0 cm³/mol. The number of aromatic nitrogens is 1. The molecule has 3 aromatic rings. The molecule has 0 unspecified atom stereocenters. The fourth-order valence-electron chi connectivity index (χ4n) is 2.42. The molecule has 0 fully saturated rings. The highest BCUT2D eigenvalue weighted by Gasteiger charge is 2.12. The SMILES string of the molecule is CSc1cnc(Oc2cc(CC(=O)O)cc3ccc(F)cc23)c(Br)c1. The molecule has 0 aliphatic rings. The molecular weight excluding hydrogens is 409 g/mol. The third kappa shape index (κ3) is 4.11. The average Bonchev–Trinajstić information content (AvgIpc) is 2.56. The molecule has 0 atom stereocenters. The zero-order chi connectivity index (χ0) is 18.0. The molecule has 7 heteroatoms. The van der Waals surface area contributed by atoms with Crippen LogP contribution in [0.2, 0.25) is 0 Å². The van der Waals surface area contributed by atoms with Crippen molar-refractivity contribution in [2.75, 3.05) is 6.26 Å². The minimum atomic E-state index is -0.948. The molecule has 0 aliphatic heterocycles. The largest absolute Gasteiger partial charge is 0.481 e. The summed E-state index contributed by atoms with van der Waals surface area (Å²) in [6.45, 7) is 0. The van der Waals surface area contributed by atoms with Crippen molar-refractivity contribution in [1.29, 1.82) is 0 Å². The fourth-order valence-corrected chi connectivity index (χ4v) is 3.39. The Kier molecular flexibility index (Phi) is 5.24. The van der Waals surface area contributed by atoms with E-state index in [-0.39, 0.29) is 6.42 Å². The van der Waals surface area contributed by atoms with Crippen LogP contribution in [0.25, 0.3) is 10.8 Å². The summed E-state index contributed by atoms with van der Waals surface area (Å²) in [4.78, 5) is 16.3. The summed E-state index contributed by atoms with van der Waals surface area (Å²) < 4.78 is 20.2. The third-order valence-electron chi connectivity index (χ3n) is 3.52. The van der Waals surface area contributed by atoms with Gasteiger partial charge < -0.3 is 9.84 Å². The number of hydrogen-bond acceptors (Lipinski definition) is 4. The molecule has 3 rings (SSSR count). The predicted octanol–water partition coefficient (Wildman–Crippen LogP) is 5.28. The number of hydrogen-bond donors (Lipinski definition) is 1. The van der Waals surface area contributed by atoms with Crippen LogP contribution in [0.5, 0.6) is 11.6 Å². The Balaban J connectivity index is 2.09. The maximum atomic E-state index is 13.7. The summed E-state index contributed by atoms with van der Waals surface area (Å²) >= 11 is 4.96. The lowest BCUT2D eigenvalue weighted by atomic mass is 10.0. The van der Waals surface area contributed by atoms with Gasteiger partial charge in [0.2, 0.25) is 5.88 Å². The van der Waals surface area contributed by atoms with E-state index in [9.17, 15) is 9.18 Å². The lowest BCUT2D eigenvalue weighted by Crippen LogP contribution is -2.01. The molecule has 0 saturated heterocycles. The van der Waals surface area contributed by atoms with Crippen LogP contribution in [-0.2, 0) is 11.2 Å². The molecule has 0 saturated carbocycles. The summed E-state index contributed by atoms with van der Waals surface area (Å²) in [7, 11) is 0. The lowest BCUT2D eigenvalue weighted by molar-refractivity contribution is -0.136. The van der Waals surface area contributed by atoms with E-state index in [1.165, 1.54) is 12.1 Å². The topological polar surface area (TPSA) is 59.4 Å². The zero-order valence-electron chi connectivity index (χ0n) is 13.1. The van der Waals surface area contributed by atoms with E-state index in [4.69, 9.17) is 9.84 Å². The number of carboxylic acids is 1. The number of pyridine rings is 1. The first-order valence-corrected chi connectivity index (χ1v) is 9.29. The van der Waals surface area contributed by atoms with Crippen LogP contribution < -0.4 is 4.74 Å². The first-order chi connectivity index (χ1) is 12.0. The van der Waals surface area contributed by atoms with E-state index in [0.29, 0.717) is 32.4 Å². The molecule has 0 radical (unpaired) electrons. The highest BCUT2D eigenvalue weighted by molar-refractivity contribution is 9.10. The van der Waals surface area contributed by atoms with Gasteiger partial charge in [-0.3, -0.25) is 4.79 Å². The highest BCUT2D eigenvalue weighted by atomic mass is 79.9. The number of benzene rings is 2. The van der Waals surface area contributed by atoms with Crippen molar-refractivity contribution in [3.05, 3.63) is 58.4 Å². The Morgan fingerprint density at radius 2 is 2.12 bits per heavy atom. The Morgan fingerprint density at radius 1 is 1.32 bits per heavy atom. The smallest absolute Gasteiger partial charge is 0.307 e. The van der Waals surface area contributed by atoms with Crippen molar-refractivity contribution in [1.82, 2.24) is 4.98 Å². The molecule has 0 aliphatic carbocycles. The minimum Gasteiger partial charge on any atom is -0.481 e. The van der Waals surface area contributed by atoms with E-state index >= 15 is 0 Å². The summed E-state index contributed by atoms with van der Waals surface area (Å²) in [5, 5.41) is 10.3. The van der Waals surface area contributed by atoms with Gasteiger partial charge in [-0.1, -0.05) is 12.1 Å². The van der Waals surface area contributed by atoms with Crippen molar-refractivity contribution in [2.45, 2.75) is 11.3 Å². The van der Waals surface area contributed by atoms with Crippen LogP contribution in [0.15, 0.2) is 52.0 Å². The Morgan fingerprint density at radius 3 is 2.80 bits per heavy atom. The first kappa shape index (κ1) is 17.7. The van der Waals surface area contributed by atoms with Crippen molar-refractivity contribution >= 4 is 44.4 Å². The van der Waals surface area contributed by atoms with Crippen molar-refractivity contribution in [2.24, 2.45) is 0 Å². The second-order valence-corrected chi connectivity index (χ2v) is 7.03. The normalized spacial score (nSPS) is 10.8. The maximum absolute atomic E-state index is 13.7.